The average Bonchev–Trinajstić information content (AvgIpc) is 2.98. The highest BCUT2D eigenvalue weighted by Gasteiger charge is 2.54. The lowest BCUT2D eigenvalue weighted by molar-refractivity contribution is -0.0892. The minimum Gasteiger partial charge on any atom is -0.479 e. The Labute approximate surface area is 124 Å². The number of anilines is 1. The zero-order valence-electron chi connectivity index (χ0n) is 12.0. The van der Waals surface area contributed by atoms with E-state index in [0.717, 1.165) is 0 Å². The Kier molecular flexibility index (Phi) is 3.38. The summed E-state index contributed by atoms with van der Waals surface area (Å²) in [6.45, 7) is 0.729. The zero-order chi connectivity index (χ0) is 16.1. The van der Waals surface area contributed by atoms with E-state index in [1.54, 1.807) is 0 Å². The molecule has 120 valence electrons. The topological polar surface area (TPSA) is 129 Å². The van der Waals surface area contributed by atoms with Gasteiger partial charge in [0.25, 0.3) is 0 Å². The van der Waals surface area contributed by atoms with Crippen LogP contribution in [-0.4, -0.2) is 61.3 Å². The van der Waals surface area contributed by atoms with Crippen LogP contribution in [-0.2, 0) is 4.74 Å². The van der Waals surface area contributed by atoms with E-state index in [-0.39, 0.29) is 17.5 Å². The molecule has 22 heavy (non-hydrogen) atoms. The highest BCUT2D eigenvalue weighted by Crippen LogP contribution is 2.41. The van der Waals surface area contributed by atoms with Crippen molar-refractivity contribution in [2.75, 3.05) is 19.5 Å². The summed E-state index contributed by atoms with van der Waals surface area (Å²) in [6, 6.07) is 0. The molecule has 1 unspecified atom stereocenters. The summed E-state index contributed by atoms with van der Waals surface area (Å²) in [4.78, 5) is 12.0. The minimum absolute atomic E-state index is 0.0563. The van der Waals surface area contributed by atoms with Crippen LogP contribution in [0.25, 0.3) is 11.2 Å². The van der Waals surface area contributed by atoms with E-state index in [4.69, 9.17) is 20.3 Å². The van der Waals surface area contributed by atoms with Gasteiger partial charge in [-0.2, -0.15) is 9.97 Å². The van der Waals surface area contributed by atoms with Gasteiger partial charge < -0.3 is 25.4 Å². The van der Waals surface area contributed by atoms with Crippen LogP contribution in [0.5, 0.6) is 5.88 Å². The van der Waals surface area contributed by atoms with Crippen molar-refractivity contribution in [3.8, 4) is 5.88 Å². The number of nitrogen functional groups attached to an aromatic ring is 1. The second-order valence-corrected chi connectivity index (χ2v) is 5.25. The molecule has 4 N–H and O–H groups in total. The fourth-order valence-electron chi connectivity index (χ4n) is 2.59. The molecular weight excluding hydrogens is 297 g/mol. The normalized spacial score (nSPS) is 31.8. The Morgan fingerprint density at radius 2 is 2.27 bits per heavy atom. The second kappa shape index (κ2) is 5.00. The molecule has 9 nitrogen and oxygen atoms in total. The van der Waals surface area contributed by atoms with Crippen LogP contribution in [0.4, 0.5) is 10.3 Å². The number of rotatable bonds is 3. The SMILES string of the molecule is COc1nc(N)nc2c1ncn2[C@@H]1O[C@H](CO)C(F)[C@@]1(C)O. The summed E-state index contributed by atoms with van der Waals surface area (Å²) in [7, 11) is 1.40. The third-order valence-corrected chi connectivity index (χ3v) is 3.72. The largest absolute Gasteiger partial charge is 0.479 e. The number of aliphatic hydroxyl groups excluding tert-OH is 1. The van der Waals surface area contributed by atoms with Crippen LogP contribution >= 0.6 is 0 Å². The van der Waals surface area contributed by atoms with E-state index in [2.05, 4.69) is 15.0 Å². The molecule has 0 saturated carbocycles. The molecule has 0 aromatic carbocycles. The maximum Gasteiger partial charge on any atom is 0.246 e. The van der Waals surface area contributed by atoms with E-state index in [1.165, 1.54) is 24.9 Å². The number of aromatic nitrogens is 4. The quantitative estimate of drug-likeness (QED) is 0.685. The van der Waals surface area contributed by atoms with Crippen LogP contribution in [0, 0.1) is 0 Å². The molecule has 0 aliphatic carbocycles. The highest BCUT2D eigenvalue weighted by molar-refractivity contribution is 5.77. The van der Waals surface area contributed by atoms with Crippen molar-refractivity contribution in [3.63, 3.8) is 0 Å². The van der Waals surface area contributed by atoms with E-state index in [1.807, 2.05) is 0 Å². The van der Waals surface area contributed by atoms with Gasteiger partial charge in [-0.05, 0) is 6.92 Å². The standard InChI is InChI=1S/C12H16FN5O4/c1-12(20)7(13)5(3-19)22-10(12)18-4-15-6-8(18)16-11(14)17-9(6)21-2/h4-5,7,10,19-20H,3H2,1-2H3,(H2,14,16,17)/t5-,7?,10-,12-/m1/s1. The fraction of sp³-hybridized carbons (Fsp3) is 0.583. The number of aliphatic hydroxyl groups is 2. The number of methoxy groups -OCH3 is 1. The van der Waals surface area contributed by atoms with Gasteiger partial charge in [0.05, 0.1) is 20.0 Å². The first-order valence-electron chi connectivity index (χ1n) is 6.57. The van der Waals surface area contributed by atoms with Crippen LogP contribution in [0.1, 0.15) is 13.2 Å². The van der Waals surface area contributed by atoms with Gasteiger partial charge in [0.1, 0.15) is 11.7 Å². The monoisotopic (exact) mass is 313 g/mol. The molecule has 0 bridgehead atoms. The molecule has 1 fully saturated rings. The van der Waals surface area contributed by atoms with Gasteiger partial charge in [-0.25, -0.2) is 9.37 Å². The molecule has 3 heterocycles. The summed E-state index contributed by atoms with van der Waals surface area (Å²) in [5.41, 5.74) is 4.29. The molecule has 10 heteroatoms. The van der Waals surface area contributed by atoms with Crippen molar-refractivity contribution in [1.82, 2.24) is 19.5 Å². The summed E-state index contributed by atoms with van der Waals surface area (Å²) < 4.78 is 26.0. The van der Waals surface area contributed by atoms with Crippen LogP contribution in [0.3, 0.4) is 0 Å². The first-order valence-corrected chi connectivity index (χ1v) is 6.57. The number of alkyl halides is 1. The van der Waals surface area contributed by atoms with Gasteiger partial charge in [-0.15, -0.1) is 0 Å². The van der Waals surface area contributed by atoms with Crippen LogP contribution in [0.15, 0.2) is 6.33 Å². The molecule has 0 spiro atoms. The second-order valence-electron chi connectivity index (χ2n) is 5.25. The Hall–Kier alpha value is -2.04. The van der Waals surface area contributed by atoms with Crippen LogP contribution < -0.4 is 10.5 Å². The maximum absolute atomic E-state index is 14.2. The van der Waals surface area contributed by atoms with Gasteiger partial charge in [0.2, 0.25) is 11.8 Å². The first-order chi connectivity index (χ1) is 10.4. The molecule has 4 atom stereocenters. The van der Waals surface area contributed by atoms with Crippen molar-refractivity contribution in [1.29, 1.82) is 0 Å². The van der Waals surface area contributed by atoms with Gasteiger partial charge >= 0.3 is 0 Å². The lowest BCUT2D eigenvalue weighted by Crippen LogP contribution is -2.41. The number of ether oxygens (including phenoxy) is 2. The van der Waals surface area contributed by atoms with Crippen molar-refractivity contribution in [2.24, 2.45) is 0 Å². The van der Waals surface area contributed by atoms with E-state index >= 15 is 0 Å². The highest BCUT2D eigenvalue weighted by atomic mass is 19.1. The fourth-order valence-corrected chi connectivity index (χ4v) is 2.59. The number of fused-ring (bicyclic) bond motifs is 1. The maximum atomic E-state index is 14.2. The third kappa shape index (κ3) is 1.99. The Morgan fingerprint density at radius 1 is 1.55 bits per heavy atom. The number of halogens is 1. The van der Waals surface area contributed by atoms with Gasteiger partial charge in [0, 0.05) is 0 Å². The molecule has 1 aliphatic heterocycles. The Bertz CT molecular complexity index is 706. The van der Waals surface area contributed by atoms with E-state index < -0.39 is 30.7 Å². The number of nitrogens with two attached hydrogens (primary N) is 1. The van der Waals surface area contributed by atoms with E-state index in [9.17, 15) is 9.50 Å². The predicted octanol–water partition coefficient (Wildman–Crippen LogP) is -0.604. The van der Waals surface area contributed by atoms with Crippen molar-refractivity contribution in [2.45, 2.75) is 31.0 Å². The molecule has 2 aromatic heterocycles. The molecule has 0 amide bonds. The Morgan fingerprint density at radius 3 is 2.86 bits per heavy atom. The lowest BCUT2D eigenvalue weighted by Gasteiger charge is -2.26. The van der Waals surface area contributed by atoms with E-state index in [0.29, 0.717) is 5.52 Å². The number of imidazole rings is 1. The zero-order valence-corrected chi connectivity index (χ0v) is 12.0. The van der Waals surface area contributed by atoms with Gasteiger partial charge in [0.15, 0.2) is 23.6 Å². The first kappa shape index (κ1) is 14.9. The molecule has 1 saturated heterocycles. The summed E-state index contributed by atoms with van der Waals surface area (Å²) in [6.07, 6.45) is -2.70. The van der Waals surface area contributed by atoms with Crippen molar-refractivity contribution >= 4 is 17.1 Å². The smallest absolute Gasteiger partial charge is 0.246 e. The van der Waals surface area contributed by atoms with Crippen molar-refractivity contribution < 1.29 is 24.1 Å². The Balaban J connectivity index is 2.13. The molecule has 1 aliphatic rings. The molecule has 3 rings (SSSR count). The van der Waals surface area contributed by atoms with Crippen molar-refractivity contribution in [3.05, 3.63) is 6.33 Å². The summed E-state index contributed by atoms with van der Waals surface area (Å²) in [5.74, 6) is 0.105. The molecule has 0 radical (unpaired) electrons. The number of hydrogen-bond donors (Lipinski definition) is 3. The predicted molar refractivity (Wildman–Crippen MR) is 72.8 cm³/mol. The molecule has 2 aromatic rings. The summed E-state index contributed by atoms with van der Waals surface area (Å²) in [5, 5.41) is 19.5. The molecular formula is C12H16FN5O4. The average molecular weight is 313 g/mol. The lowest BCUT2D eigenvalue weighted by atomic mass is 9.98. The number of nitrogens with zero attached hydrogens (tertiary/aromatic N) is 4. The number of hydrogen-bond acceptors (Lipinski definition) is 8. The van der Waals surface area contributed by atoms with Gasteiger partial charge in [-0.3, -0.25) is 4.57 Å². The van der Waals surface area contributed by atoms with Crippen LogP contribution in [0.2, 0.25) is 0 Å². The summed E-state index contributed by atoms with van der Waals surface area (Å²) >= 11 is 0. The third-order valence-electron chi connectivity index (χ3n) is 3.72. The minimum atomic E-state index is -1.87. The van der Waals surface area contributed by atoms with Gasteiger partial charge in [-0.1, -0.05) is 0 Å².